The van der Waals surface area contributed by atoms with Crippen LogP contribution >= 0.6 is 24.0 Å². The fourth-order valence-electron chi connectivity index (χ4n) is 4.69. The molecular formula is C26H37IN6O. The molecule has 8 heteroatoms. The summed E-state index contributed by atoms with van der Waals surface area (Å²) in [5, 5.41) is 9.79. The molecule has 1 fully saturated rings. The van der Waals surface area contributed by atoms with E-state index in [-0.39, 0.29) is 35.8 Å². The average Bonchev–Trinajstić information content (AvgIpc) is 2.83. The highest BCUT2D eigenvalue weighted by Gasteiger charge is 2.24. The molecule has 0 saturated carbocycles. The van der Waals surface area contributed by atoms with E-state index in [0.717, 1.165) is 57.3 Å². The Bertz CT molecular complexity index is 973. The molecule has 1 atom stereocenters. The van der Waals surface area contributed by atoms with Crippen LogP contribution in [0.4, 0.5) is 11.4 Å². The third-order valence-electron chi connectivity index (χ3n) is 6.53. The largest absolute Gasteiger partial charge is 0.369 e. The highest BCUT2D eigenvalue weighted by Crippen LogP contribution is 2.31. The van der Waals surface area contributed by atoms with Crippen LogP contribution in [0.1, 0.15) is 29.9 Å². The number of hydrogen-bond donors (Lipinski definition) is 3. The van der Waals surface area contributed by atoms with Crippen LogP contribution in [0.25, 0.3) is 0 Å². The Kier molecular flexibility index (Phi) is 10.0. The van der Waals surface area contributed by atoms with Gasteiger partial charge in [0.2, 0.25) is 5.91 Å². The molecule has 0 bridgehead atoms. The molecule has 34 heavy (non-hydrogen) atoms. The number of rotatable bonds is 7. The van der Waals surface area contributed by atoms with Crippen LogP contribution in [-0.4, -0.2) is 69.6 Å². The summed E-state index contributed by atoms with van der Waals surface area (Å²) in [7, 11) is 1.79. The molecule has 1 saturated heterocycles. The van der Waals surface area contributed by atoms with Gasteiger partial charge in [0.1, 0.15) is 0 Å². The van der Waals surface area contributed by atoms with Crippen molar-refractivity contribution in [3.63, 3.8) is 0 Å². The first-order valence-corrected chi connectivity index (χ1v) is 12.0. The number of fused-ring (bicyclic) bond motifs is 1. The molecule has 2 heterocycles. The van der Waals surface area contributed by atoms with Crippen molar-refractivity contribution in [2.45, 2.75) is 25.7 Å². The van der Waals surface area contributed by atoms with E-state index >= 15 is 0 Å². The van der Waals surface area contributed by atoms with E-state index in [1.54, 1.807) is 7.05 Å². The molecule has 7 nitrogen and oxygen atoms in total. The zero-order valence-corrected chi connectivity index (χ0v) is 22.5. The van der Waals surface area contributed by atoms with Gasteiger partial charge in [-0.15, -0.1) is 24.0 Å². The lowest BCUT2D eigenvalue weighted by Crippen LogP contribution is -2.47. The number of piperazine rings is 1. The number of aryl methyl sites for hydroxylation is 1. The average molecular weight is 577 g/mol. The van der Waals surface area contributed by atoms with Gasteiger partial charge in [0.15, 0.2) is 5.96 Å². The molecule has 0 spiro atoms. The smallest absolute Gasteiger partial charge is 0.225 e. The minimum Gasteiger partial charge on any atom is -0.369 e. The van der Waals surface area contributed by atoms with E-state index in [9.17, 15) is 4.79 Å². The highest BCUT2D eigenvalue weighted by molar-refractivity contribution is 14.0. The second-order valence-corrected chi connectivity index (χ2v) is 8.94. The second kappa shape index (κ2) is 12.9. The molecule has 0 aromatic heterocycles. The molecule has 184 valence electrons. The Hall–Kier alpha value is -2.33. The van der Waals surface area contributed by atoms with E-state index < -0.39 is 0 Å². The van der Waals surface area contributed by atoms with Gasteiger partial charge in [0.05, 0.1) is 0 Å². The molecular weight excluding hydrogens is 539 g/mol. The van der Waals surface area contributed by atoms with Crippen molar-refractivity contribution >= 4 is 47.2 Å². The lowest BCUT2D eigenvalue weighted by Gasteiger charge is -2.36. The predicted octanol–water partition coefficient (Wildman–Crippen LogP) is 3.42. The van der Waals surface area contributed by atoms with Crippen molar-refractivity contribution < 1.29 is 4.79 Å². The summed E-state index contributed by atoms with van der Waals surface area (Å²) < 4.78 is 0. The number of para-hydroxylation sites is 1. The number of carbonyl (C=O) groups is 1. The van der Waals surface area contributed by atoms with Gasteiger partial charge >= 0.3 is 0 Å². The van der Waals surface area contributed by atoms with E-state index in [2.05, 4.69) is 68.0 Å². The number of anilines is 2. The zero-order chi connectivity index (χ0) is 23.0. The molecule has 4 rings (SSSR count). The van der Waals surface area contributed by atoms with Crippen molar-refractivity contribution in [1.82, 2.24) is 15.5 Å². The van der Waals surface area contributed by atoms with Gasteiger partial charge in [-0.05, 0) is 49.2 Å². The van der Waals surface area contributed by atoms with Gasteiger partial charge in [-0.25, -0.2) is 0 Å². The summed E-state index contributed by atoms with van der Waals surface area (Å²) in [6.07, 6.45) is 1.56. The molecule has 0 aliphatic carbocycles. The second-order valence-electron chi connectivity index (χ2n) is 8.94. The zero-order valence-electron chi connectivity index (χ0n) is 20.2. The standard InChI is InChI=1S/C26H36N6O.HI/c1-20-7-5-8-22(17-20)32-15-13-31(14-16-32)12-6-11-28-26(27-2)29-19-21-18-25(33)30-24-10-4-3-9-23(21)24;/h3-5,7-10,17,21H,6,11-16,18-19H2,1-2H3,(H,30,33)(H2,27,28,29);1H. The third-order valence-corrected chi connectivity index (χ3v) is 6.53. The van der Waals surface area contributed by atoms with Crippen molar-refractivity contribution in [1.29, 1.82) is 0 Å². The number of amides is 1. The molecule has 2 aromatic rings. The number of carbonyl (C=O) groups excluding carboxylic acids is 1. The van der Waals surface area contributed by atoms with Gasteiger partial charge < -0.3 is 20.9 Å². The van der Waals surface area contributed by atoms with Gasteiger partial charge in [-0.2, -0.15) is 0 Å². The van der Waals surface area contributed by atoms with Crippen LogP contribution in [-0.2, 0) is 4.79 Å². The van der Waals surface area contributed by atoms with E-state index in [0.29, 0.717) is 13.0 Å². The van der Waals surface area contributed by atoms with Crippen LogP contribution < -0.4 is 20.9 Å². The number of benzene rings is 2. The summed E-state index contributed by atoms with van der Waals surface area (Å²) in [6, 6.07) is 16.8. The maximum atomic E-state index is 12.0. The van der Waals surface area contributed by atoms with Crippen LogP contribution in [0, 0.1) is 6.92 Å². The molecule has 3 N–H and O–H groups in total. The summed E-state index contributed by atoms with van der Waals surface area (Å²) in [6.45, 7) is 9.16. The summed E-state index contributed by atoms with van der Waals surface area (Å²) in [5.74, 6) is 1.02. The van der Waals surface area contributed by atoms with Crippen LogP contribution in [0.5, 0.6) is 0 Å². The fraction of sp³-hybridized carbons (Fsp3) is 0.462. The van der Waals surface area contributed by atoms with E-state index in [1.165, 1.54) is 16.8 Å². The summed E-state index contributed by atoms with van der Waals surface area (Å²) >= 11 is 0. The maximum Gasteiger partial charge on any atom is 0.225 e. The van der Waals surface area contributed by atoms with E-state index in [1.807, 2.05) is 18.2 Å². The highest BCUT2D eigenvalue weighted by atomic mass is 127. The quantitative estimate of drug-likeness (QED) is 0.204. The van der Waals surface area contributed by atoms with Crippen molar-refractivity contribution in [3.8, 4) is 0 Å². The van der Waals surface area contributed by atoms with Gasteiger partial charge in [0, 0.05) is 70.0 Å². The number of nitrogens with one attached hydrogen (secondary N) is 3. The Morgan fingerprint density at radius 2 is 1.88 bits per heavy atom. The summed E-state index contributed by atoms with van der Waals surface area (Å²) in [5.41, 5.74) is 4.76. The first kappa shape index (κ1) is 26.3. The minimum atomic E-state index is 0. The molecule has 2 aromatic carbocycles. The third kappa shape index (κ3) is 7.09. The van der Waals surface area contributed by atoms with Crippen molar-refractivity contribution in [2.24, 2.45) is 4.99 Å². The van der Waals surface area contributed by atoms with Gasteiger partial charge in [-0.3, -0.25) is 14.7 Å². The Morgan fingerprint density at radius 1 is 1.09 bits per heavy atom. The number of halogens is 1. The first-order valence-electron chi connectivity index (χ1n) is 12.0. The van der Waals surface area contributed by atoms with Crippen LogP contribution in [0.2, 0.25) is 0 Å². The normalized spacial score (nSPS) is 18.5. The molecule has 2 aliphatic heterocycles. The Labute approximate surface area is 220 Å². The lowest BCUT2D eigenvalue weighted by atomic mass is 9.90. The molecule has 0 radical (unpaired) electrons. The fourth-order valence-corrected chi connectivity index (χ4v) is 4.69. The topological polar surface area (TPSA) is 72.0 Å². The van der Waals surface area contributed by atoms with E-state index in [4.69, 9.17) is 0 Å². The predicted molar refractivity (Wildman–Crippen MR) is 152 cm³/mol. The minimum absolute atomic E-state index is 0. The molecule has 2 aliphatic rings. The Balaban J connectivity index is 0.00000324. The van der Waals surface area contributed by atoms with Crippen molar-refractivity contribution in [3.05, 3.63) is 59.7 Å². The summed E-state index contributed by atoms with van der Waals surface area (Å²) in [4.78, 5) is 21.4. The lowest BCUT2D eigenvalue weighted by molar-refractivity contribution is -0.116. The number of nitrogens with zero attached hydrogens (tertiary/aromatic N) is 3. The van der Waals surface area contributed by atoms with Crippen molar-refractivity contribution in [2.75, 3.05) is 63.1 Å². The number of hydrogen-bond acceptors (Lipinski definition) is 4. The number of guanidine groups is 1. The molecule has 1 amide bonds. The monoisotopic (exact) mass is 576 g/mol. The maximum absolute atomic E-state index is 12.0. The van der Waals surface area contributed by atoms with Crippen LogP contribution in [0.3, 0.4) is 0 Å². The van der Waals surface area contributed by atoms with Crippen LogP contribution in [0.15, 0.2) is 53.5 Å². The SMILES string of the molecule is CN=C(NCCCN1CCN(c2cccc(C)c2)CC1)NCC1CC(=O)Nc2ccccc21.I. The Morgan fingerprint density at radius 3 is 2.65 bits per heavy atom. The van der Waals surface area contributed by atoms with Gasteiger partial charge in [0.25, 0.3) is 0 Å². The van der Waals surface area contributed by atoms with Gasteiger partial charge in [-0.1, -0.05) is 30.3 Å². The number of aliphatic imine (C=N–C) groups is 1. The molecule has 1 unspecified atom stereocenters. The first-order chi connectivity index (χ1) is 16.1.